The van der Waals surface area contributed by atoms with Crippen LogP contribution >= 0.6 is 0 Å². The number of rotatable bonds is 7. The van der Waals surface area contributed by atoms with Gasteiger partial charge < -0.3 is 25.3 Å². The Bertz CT molecular complexity index is 880. The van der Waals surface area contributed by atoms with E-state index in [0.29, 0.717) is 26.4 Å². The number of hydrogen-bond acceptors (Lipinski definition) is 4. The number of benzene rings is 2. The van der Waals surface area contributed by atoms with Crippen LogP contribution in [0.5, 0.6) is 11.5 Å². The van der Waals surface area contributed by atoms with E-state index in [1.807, 2.05) is 31.2 Å². The number of anilines is 1. The lowest BCUT2D eigenvalue weighted by Crippen LogP contribution is -2.38. The number of nitrogens with zero attached hydrogens (tertiary/aromatic N) is 1. The Morgan fingerprint density at radius 2 is 1.81 bits per heavy atom. The molecule has 0 bridgehead atoms. The number of ether oxygens (including phenoxy) is 3. The molecule has 0 unspecified atom stereocenters. The molecule has 6 nitrogen and oxygen atoms in total. The average molecular weight is 437 g/mol. The minimum atomic E-state index is -4.80. The Labute approximate surface area is 179 Å². The third-order valence-electron chi connectivity index (χ3n) is 5.16. The van der Waals surface area contributed by atoms with Crippen molar-refractivity contribution in [3.8, 4) is 11.5 Å². The van der Waals surface area contributed by atoms with Gasteiger partial charge in [-0.15, -0.1) is 13.2 Å². The molecule has 0 saturated carbocycles. The third-order valence-corrected chi connectivity index (χ3v) is 5.16. The monoisotopic (exact) mass is 437 g/mol. The molecule has 9 heteroatoms. The highest BCUT2D eigenvalue weighted by molar-refractivity contribution is 5.93. The molecule has 3 N–H and O–H groups in total. The number of alkyl halides is 3. The third kappa shape index (κ3) is 6.27. The van der Waals surface area contributed by atoms with Gasteiger partial charge in [-0.2, -0.15) is 0 Å². The molecule has 1 fully saturated rings. The van der Waals surface area contributed by atoms with Gasteiger partial charge in [-0.3, -0.25) is 4.99 Å². The predicted molar refractivity (Wildman–Crippen MR) is 113 cm³/mol. The number of hydrogen-bond donors (Lipinski definition) is 2. The lowest BCUT2D eigenvalue weighted by molar-refractivity contribution is -0.274. The van der Waals surface area contributed by atoms with E-state index in [1.54, 1.807) is 6.07 Å². The first-order valence-corrected chi connectivity index (χ1v) is 10.0. The summed E-state index contributed by atoms with van der Waals surface area (Å²) in [7, 11) is 0. The molecule has 0 atom stereocenters. The van der Waals surface area contributed by atoms with Crippen molar-refractivity contribution in [2.45, 2.75) is 31.5 Å². The van der Waals surface area contributed by atoms with Gasteiger partial charge in [0.25, 0.3) is 0 Å². The minimum absolute atomic E-state index is 0.00928. The van der Waals surface area contributed by atoms with Crippen LogP contribution in [-0.4, -0.2) is 38.7 Å². The lowest BCUT2D eigenvalue weighted by atomic mass is 9.74. The first-order chi connectivity index (χ1) is 14.8. The normalized spacial score (nSPS) is 16.6. The summed E-state index contributed by atoms with van der Waals surface area (Å²) in [5.41, 5.74) is 6.91. The average Bonchev–Trinajstić information content (AvgIpc) is 2.74. The predicted octanol–water partition coefficient (Wildman–Crippen LogP) is 4.46. The Balaban J connectivity index is 1.77. The number of halogens is 3. The van der Waals surface area contributed by atoms with Gasteiger partial charge in [0.1, 0.15) is 5.75 Å². The van der Waals surface area contributed by atoms with Crippen molar-refractivity contribution in [3.63, 3.8) is 0 Å². The van der Waals surface area contributed by atoms with Crippen LogP contribution in [-0.2, 0) is 10.2 Å². The van der Waals surface area contributed by atoms with Crippen molar-refractivity contribution < 1.29 is 27.4 Å². The molecule has 1 saturated heterocycles. The Hall–Kier alpha value is -2.94. The summed E-state index contributed by atoms with van der Waals surface area (Å²) in [5.74, 6) is 0.426. The number of para-hydroxylation sites is 2. The van der Waals surface area contributed by atoms with Crippen molar-refractivity contribution >= 4 is 11.6 Å². The summed E-state index contributed by atoms with van der Waals surface area (Å²) >= 11 is 0. The Morgan fingerprint density at radius 1 is 1.13 bits per heavy atom. The van der Waals surface area contributed by atoms with Gasteiger partial charge in [0.2, 0.25) is 0 Å². The van der Waals surface area contributed by atoms with Crippen LogP contribution in [0.3, 0.4) is 0 Å². The number of nitrogens with one attached hydrogen (secondary N) is 1. The van der Waals surface area contributed by atoms with Crippen molar-refractivity contribution in [2.75, 3.05) is 31.7 Å². The van der Waals surface area contributed by atoms with E-state index < -0.39 is 6.36 Å². The second kappa shape index (κ2) is 9.91. The van der Waals surface area contributed by atoms with Crippen LogP contribution in [0.4, 0.5) is 18.9 Å². The molecule has 0 aliphatic carbocycles. The lowest BCUT2D eigenvalue weighted by Gasteiger charge is -2.36. The molecular weight excluding hydrogens is 411 g/mol. The number of guanidine groups is 1. The molecule has 2 aromatic rings. The quantitative estimate of drug-likeness (QED) is 0.494. The van der Waals surface area contributed by atoms with Gasteiger partial charge in [0, 0.05) is 18.6 Å². The fraction of sp³-hybridized carbons (Fsp3) is 0.409. The first-order valence-electron chi connectivity index (χ1n) is 10.0. The van der Waals surface area contributed by atoms with Gasteiger partial charge in [0.15, 0.2) is 11.7 Å². The molecule has 168 valence electrons. The van der Waals surface area contributed by atoms with Gasteiger partial charge in [-0.1, -0.05) is 24.3 Å². The number of nitrogens with two attached hydrogens (primary N) is 1. The zero-order valence-corrected chi connectivity index (χ0v) is 17.2. The maximum Gasteiger partial charge on any atom is 0.573 e. The van der Waals surface area contributed by atoms with Crippen LogP contribution in [0.15, 0.2) is 53.5 Å². The van der Waals surface area contributed by atoms with Crippen molar-refractivity contribution in [3.05, 3.63) is 54.1 Å². The Morgan fingerprint density at radius 3 is 2.45 bits per heavy atom. The van der Waals surface area contributed by atoms with Gasteiger partial charge in [0.05, 0.1) is 18.8 Å². The second-order valence-corrected chi connectivity index (χ2v) is 7.22. The summed E-state index contributed by atoms with van der Waals surface area (Å²) in [6.45, 7) is 4.07. The first kappa shape index (κ1) is 22.7. The maximum atomic E-state index is 12.6. The molecule has 3 rings (SSSR count). The smallest absolute Gasteiger partial charge is 0.494 e. The second-order valence-electron chi connectivity index (χ2n) is 7.22. The molecule has 1 aliphatic heterocycles. The summed E-state index contributed by atoms with van der Waals surface area (Å²) in [4.78, 5) is 4.45. The Kier molecular flexibility index (Phi) is 7.27. The van der Waals surface area contributed by atoms with E-state index in [0.717, 1.165) is 24.2 Å². The molecule has 0 amide bonds. The highest BCUT2D eigenvalue weighted by atomic mass is 19.4. The fourth-order valence-electron chi connectivity index (χ4n) is 3.57. The standard InChI is InChI=1S/C22H26F3N3O3/c1-2-30-17-9-7-16(8-10-17)21(11-13-29-14-12-21)15-27-20(26)28-18-5-3-4-6-19(18)31-22(23,24)25/h3-10H,2,11-15H2,1H3,(H3,26,27,28). The topological polar surface area (TPSA) is 78.1 Å². The van der Waals surface area contributed by atoms with Gasteiger partial charge in [-0.05, 0) is 49.6 Å². The molecule has 0 radical (unpaired) electrons. The maximum absolute atomic E-state index is 12.6. The SMILES string of the molecule is CCOc1ccc(C2(CN=C(N)Nc3ccccc3OC(F)(F)F)CCOCC2)cc1. The van der Waals surface area contributed by atoms with Crippen LogP contribution in [0.25, 0.3) is 0 Å². The minimum Gasteiger partial charge on any atom is -0.494 e. The summed E-state index contributed by atoms with van der Waals surface area (Å²) < 4.78 is 53.0. The summed E-state index contributed by atoms with van der Waals surface area (Å²) in [6, 6.07) is 13.6. The number of aliphatic imine (C=N–C) groups is 1. The highest BCUT2D eigenvalue weighted by Gasteiger charge is 2.35. The van der Waals surface area contributed by atoms with Crippen LogP contribution in [0.2, 0.25) is 0 Å². The van der Waals surface area contributed by atoms with E-state index >= 15 is 0 Å². The van der Waals surface area contributed by atoms with E-state index in [9.17, 15) is 13.2 Å². The van der Waals surface area contributed by atoms with Crippen LogP contribution < -0.4 is 20.5 Å². The largest absolute Gasteiger partial charge is 0.573 e. The van der Waals surface area contributed by atoms with E-state index in [4.69, 9.17) is 15.2 Å². The molecule has 2 aromatic carbocycles. The summed E-state index contributed by atoms with van der Waals surface area (Å²) in [6.07, 6.45) is -3.29. The fourth-order valence-corrected chi connectivity index (χ4v) is 3.57. The zero-order chi connectivity index (χ0) is 22.3. The van der Waals surface area contributed by atoms with E-state index in [1.165, 1.54) is 18.2 Å². The molecule has 0 spiro atoms. The molecule has 31 heavy (non-hydrogen) atoms. The van der Waals surface area contributed by atoms with Crippen LogP contribution in [0, 0.1) is 0 Å². The zero-order valence-electron chi connectivity index (χ0n) is 17.2. The molecule has 1 heterocycles. The molecule has 0 aromatic heterocycles. The highest BCUT2D eigenvalue weighted by Crippen LogP contribution is 2.36. The van der Waals surface area contributed by atoms with E-state index in [2.05, 4.69) is 15.0 Å². The molecule has 1 aliphatic rings. The van der Waals surface area contributed by atoms with Crippen molar-refractivity contribution in [2.24, 2.45) is 10.7 Å². The van der Waals surface area contributed by atoms with Gasteiger partial charge >= 0.3 is 6.36 Å². The van der Waals surface area contributed by atoms with Crippen LogP contribution in [0.1, 0.15) is 25.3 Å². The van der Waals surface area contributed by atoms with E-state index in [-0.39, 0.29) is 22.8 Å². The summed E-state index contributed by atoms with van der Waals surface area (Å²) in [5, 5.41) is 2.72. The molecular formula is C22H26F3N3O3. The van der Waals surface area contributed by atoms with Crippen molar-refractivity contribution in [1.29, 1.82) is 0 Å². The van der Waals surface area contributed by atoms with Gasteiger partial charge in [-0.25, -0.2) is 0 Å². The van der Waals surface area contributed by atoms with Crippen molar-refractivity contribution in [1.82, 2.24) is 0 Å².